The molecule has 0 aliphatic carbocycles. The lowest BCUT2D eigenvalue weighted by atomic mass is 10.1. The Morgan fingerprint density at radius 2 is 2.18 bits per heavy atom. The van der Waals surface area contributed by atoms with Crippen molar-refractivity contribution in [3.05, 3.63) is 11.6 Å². The Morgan fingerprint density at radius 1 is 1.45 bits per heavy atom. The van der Waals surface area contributed by atoms with Crippen molar-refractivity contribution in [1.82, 2.24) is 0 Å². The molecule has 0 N–H and O–H groups in total. The molecule has 0 amide bonds. The molecular formula is C10H17N. The molecule has 0 heterocycles. The van der Waals surface area contributed by atoms with Crippen LogP contribution in [0.4, 0.5) is 0 Å². The fourth-order valence-electron chi connectivity index (χ4n) is 0.940. The minimum Gasteiger partial charge on any atom is -0.198 e. The molecule has 0 aliphatic rings. The van der Waals surface area contributed by atoms with Crippen LogP contribution in [0.2, 0.25) is 0 Å². The second-order valence-electron chi connectivity index (χ2n) is 2.88. The Hall–Kier alpha value is -0.770. The van der Waals surface area contributed by atoms with Crippen molar-refractivity contribution in [3.63, 3.8) is 0 Å². The van der Waals surface area contributed by atoms with E-state index in [1.54, 1.807) is 0 Å². The number of unbranched alkanes of at least 4 members (excludes halogenated alkanes) is 3. The predicted molar refractivity (Wildman–Crippen MR) is 48.1 cm³/mol. The van der Waals surface area contributed by atoms with Gasteiger partial charge in [0, 0.05) is 0 Å². The van der Waals surface area contributed by atoms with Crippen LogP contribution in [0, 0.1) is 11.3 Å². The molecule has 0 radical (unpaired) electrons. The summed E-state index contributed by atoms with van der Waals surface area (Å²) in [6.45, 7) is 4.22. The van der Waals surface area contributed by atoms with Gasteiger partial charge in [-0.15, -0.1) is 0 Å². The molecule has 0 atom stereocenters. The highest BCUT2D eigenvalue weighted by Gasteiger charge is 1.86. The molecule has 0 aromatic carbocycles. The van der Waals surface area contributed by atoms with Gasteiger partial charge in [-0.05, 0) is 19.8 Å². The smallest absolute Gasteiger partial charge is 0.0666 e. The van der Waals surface area contributed by atoms with E-state index in [4.69, 9.17) is 5.26 Å². The van der Waals surface area contributed by atoms with E-state index < -0.39 is 0 Å². The standard InChI is InChI=1S/C10H17N/c1-3-4-5-6-7-10(2)8-9-11/h7H,3-6,8H2,1-2H3. The van der Waals surface area contributed by atoms with Gasteiger partial charge < -0.3 is 0 Å². The first kappa shape index (κ1) is 10.2. The zero-order valence-electron chi connectivity index (χ0n) is 7.56. The monoisotopic (exact) mass is 151 g/mol. The minimum atomic E-state index is 0.589. The number of hydrogen-bond acceptors (Lipinski definition) is 1. The normalized spacial score (nSPS) is 11.2. The summed E-state index contributed by atoms with van der Waals surface area (Å²) < 4.78 is 0. The third kappa shape index (κ3) is 7.12. The van der Waals surface area contributed by atoms with E-state index in [2.05, 4.69) is 19.1 Å². The van der Waals surface area contributed by atoms with Crippen molar-refractivity contribution in [1.29, 1.82) is 5.26 Å². The Kier molecular flexibility index (Phi) is 6.82. The van der Waals surface area contributed by atoms with E-state index in [1.807, 2.05) is 6.92 Å². The summed E-state index contributed by atoms with van der Waals surface area (Å²) in [5.41, 5.74) is 1.21. The van der Waals surface area contributed by atoms with E-state index in [-0.39, 0.29) is 0 Å². The van der Waals surface area contributed by atoms with Crippen molar-refractivity contribution >= 4 is 0 Å². The van der Waals surface area contributed by atoms with Gasteiger partial charge in [-0.1, -0.05) is 31.4 Å². The zero-order valence-corrected chi connectivity index (χ0v) is 7.56. The van der Waals surface area contributed by atoms with Gasteiger partial charge in [0.15, 0.2) is 0 Å². The number of nitriles is 1. The molecule has 0 saturated carbocycles. The molecular weight excluding hydrogens is 134 g/mol. The molecule has 0 spiro atoms. The van der Waals surface area contributed by atoms with E-state index in [1.165, 1.54) is 24.8 Å². The van der Waals surface area contributed by atoms with Crippen LogP contribution in [-0.4, -0.2) is 0 Å². The lowest BCUT2D eigenvalue weighted by Crippen LogP contribution is -1.75. The summed E-state index contributed by atoms with van der Waals surface area (Å²) in [5, 5.41) is 8.35. The van der Waals surface area contributed by atoms with Crippen molar-refractivity contribution < 1.29 is 0 Å². The van der Waals surface area contributed by atoms with E-state index in [0.717, 1.165) is 6.42 Å². The minimum absolute atomic E-state index is 0.589. The second kappa shape index (κ2) is 7.34. The Morgan fingerprint density at radius 3 is 2.73 bits per heavy atom. The SMILES string of the molecule is CCCCCC=C(C)CC#N. The van der Waals surface area contributed by atoms with Crippen LogP contribution in [0.25, 0.3) is 0 Å². The summed E-state index contributed by atoms with van der Waals surface area (Å²) in [5.74, 6) is 0. The van der Waals surface area contributed by atoms with Crippen LogP contribution in [0.1, 0.15) is 46.0 Å². The number of allylic oxidation sites excluding steroid dienone is 2. The molecule has 1 nitrogen and oxygen atoms in total. The third-order valence-electron chi connectivity index (χ3n) is 1.66. The van der Waals surface area contributed by atoms with Crippen LogP contribution in [0.5, 0.6) is 0 Å². The number of nitrogens with zero attached hydrogens (tertiary/aromatic N) is 1. The first-order valence-electron chi connectivity index (χ1n) is 4.33. The molecule has 0 aliphatic heterocycles. The molecule has 0 rings (SSSR count). The van der Waals surface area contributed by atoms with Gasteiger partial charge in [-0.25, -0.2) is 0 Å². The molecule has 0 unspecified atom stereocenters. The first-order valence-corrected chi connectivity index (χ1v) is 4.33. The summed E-state index contributed by atoms with van der Waals surface area (Å²) >= 11 is 0. The van der Waals surface area contributed by atoms with Crippen LogP contribution >= 0.6 is 0 Å². The van der Waals surface area contributed by atoms with Crippen LogP contribution < -0.4 is 0 Å². The Balaban J connectivity index is 3.34. The molecule has 0 bridgehead atoms. The highest BCUT2D eigenvalue weighted by molar-refractivity contribution is 5.04. The van der Waals surface area contributed by atoms with Crippen molar-refractivity contribution in [3.8, 4) is 6.07 Å². The summed E-state index contributed by atoms with van der Waals surface area (Å²) in [6, 6.07) is 2.14. The van der Waals surface area contributed by atoms with E-state index in [0.29, 0.717) is 6.42 Å². The van der Waals surface area contributed by atoms with Gasteiger partial charge in [-0.2, -0.15) is 5.26 Å². The molecule has 0 aromatic rings. The van der Waals surface area contributed by atoms with Gasteiger partial charge >= 0.3 is 0 Å². The van der Waals surface area contributed by atoms with E-state index in [9.17, 15) is 0 Å². The number of rotatable bonds is 5. The van der Waals surface area contributed by atoms with Crippen molar-refractivity contribution in [2.45, 2.75) is 46.0 Å². The first-order chi connectivity index (χ1) is 5.31. The maximum Gasteiger partial charge on any atom is 0.0666 e. The summed E-state index contributed by atoms with van der Waals surface area (Å²) in [6.07, 6.45) is 7.74. The van der Waals surface area contributed by atoms with Gasteiger partial charge in [0.25, 0.3) is 0 Å². The topological polar surface area (TPSA) is 23.8 Å². The Labute approximate surface area is 69.7 Å². The van der Waals surface area contributed by atoms with Crippen LogP contribution in [-0.2, 0) is 0 Å². The highest BCUT2D eigenvalue weighted by atomic mass is 14.2. The largest absolute Gasteiger partial charge is 0.198 e. The molecule has 11 heavy (non-hydrogen) atoms. The average molecular weight is 151 g/mol. The second-order valence-corrected chi connectivity index (χ2v) is 2.88. The van der Waals surface area contributed by atoms with Gasteiger partial charge in [-0.3, -0.25) is 0 Å². The highest BCUT2D eigenvalue weighted by Crippen LogP contribution is 2.04. The zero-order chi connectivity index (χ0) is 8.53. The quantitative estimate of drug-likeness (QED) is 0.436. The summed E-state index contributed by atoms with van der Waals surface area (Å²) in [4.78, 5) is 0. The number of hydrogen-bond donors (Lipinski definition) is 0. The van der Waals surface area contributed by atoms with E-state index >= 15 is 0 Å². The molecule has 62 valence electrons. The van der Waals surface area contributed by atoms with Gasteiger partial charge in [0.1, 0.15) is 0 Å². The molecule has 1 heteroatoms. The van der Waals surface area contributed by atoms with Crippen molar-refractivity contribution in [2.24, 2.45) is 0 Å². The lowest BCUT2D eigenvalue weighted by Gasteiger charge is -1.94. The molecule has 0 saturated heterocycles. The van der Waals surface area contributed by atoms with Gasteiger partial charge in [0.2, 0.25) is 0 Å². The maximum atomic E-state index is 8.35. The van der Waals surface area contributed by atoms with Gasteiger partial charge in [0.05, 0.1) is 12.5 Å². The average Bonchev–Trinajstić information content (AvgIpc) is 1.99. The molecule has 0 fully saturated rings. The van der Waals surface area contributed by atoms with Crippen molar-refractivity contribution in [2.75, 3.05) is 0 Å². The molecule has 0 aromatic heterocycles. The fraction of sp³-hybridized carbons (Fsp3) is 0.700. The van der Waals surface area contributed by atoms with Crippen LogP contribution in [0.15, 0.2) is 11.6 Å². The fourth-order valence-corrected chi connectivity index (χ4v) is 0.940. The Bertz CT molecular complexity index is 151. The summed E-state index contributed by atoms with van der Waals surface area (Å²) in [7, 11) is 0. The lowest BCUT2D eigenvalue weighted by molar-refractivity contribution is 0.726. The maximum absolute atomic E-state index is 8.35. The van der Waals surface area contributed by atoms with Crippen LogP contribution in [0.3, 0.4) is 0 Å². The predicted octanol–water partition coefficient (Wildman–Crippen LogP) is 3.43. The third-order valence-corrected chi connectivity index (χ3v) is 1.66.